The van der Waals surface area contributed by atoms with E-state index in [1.165, 1.54) is 12.1 Å². The highest BCUT2D eigenvalue weighted by Gasteiger charge is 2.23. The van der Waals surface area contributed by atoms with Crippen LogP contribution < -0.4 is 0 Å². The fourth-order valence-corrected chi connectivity index (χ4v) is 2.15. The summed E-state index contributed by atoms with van der Waals surface area (Å²) in [7, 11) is 0. The minimum absolute atomic E-state index is 0.0210. The largest absolute Gasteiger partial charge is 0.492 e. The first-order valence-electron chi connectivity index (χ1n) is 6.34. The van der Waals surface area contributed by atoms with Crippen LogP contribution >= 0.6 is 11.6 Å². The lowest BCUT2D eigenvalue weighted by atomic mass is 9.84. The van der Waals surface area contributed by atoms with Gasteiger partial charge in [0.1, 0.15) is 17.4 Å². The first-order valence-corrected chi connectivity index (χ1v) is 6.72. The van der Waals surface area contributed by atoms with Gasteiger partial charge in [-0.2, -0.15) is 5.26 Å². The van der Waals surface area contributed by atoms with Crippen LogP contribution in [-0.4, -0.2) is 10.1 Å². The molecule has 1 N–H and O–H groups in total. The quantitative estimate of drug-likeness (QED) is 0.848. The van der Waals surface area contributed by atoms with E-state index < -0.39 is 5.82 Å². The lowest BCUT2D eigenvalue weighted by Gasteiger charge is -2.21. The normalized spacial score (nSPS) is 11.2. The summed E-state index contributed by atoms with van der Waals surface area (Å²) in [5.74, 6) is -0.910. The van der Waals surface area contributed by atoms with Gasteiger partial charge in [0.15, 0.2) is 0 Å². The summed E-state index contributed by atoms with van der Waals surface area (Å²) in [6.45, 7) is 5.78. The van der Waals surface area contributed by atoms with Crippen molar-refractivity contribution in [2.24, 2.45) is 0 Å². The van der Waals surface area contributed by atoms with E-state index >= 15 is 0 Å². The van der Waals surface area contributed by atoms with E-state index in [-0.39, 0.29) is 21.9 Å². The van der Waals surface area contributed by atoms with Gasteiger partial charge in [-0.1, -0.05) is 38.4 Å². The molecule has 2 rings (SSSR count). The molecule has 1 aromatic heterocycles. The molecule has 1 aromatic carbocycles. The topological polar surface area (TPSA) is 56.9 Å². The van der Waals surface area contributed by atoms with Crippen molar-refractivity contribution in [2.45, 2.75) is 26.2 Å². The van der Waals surface area contributed by atoms with Gasteiger partial charge in [-0.15, -0.1) is 0 Å². The van der Waals surface area contributed by atoms with Gasteiger partial charge in [-0.05, 0) is 29.2 Å². The summed E-state index contributed by atoms with van der Waals surface area (Å²) < 4.78 is 13.6. The van der Waals surface area contributed by atoms with Crippen molar-refractivity contribution >= 4 is 11.6 Å². The molecule has 0 atom stereocenters. The zero-order valence-corrected chi connectivity index (χ0v) is 12.7. The Morgan fingerprint density at radius 2 is 1.95 bits per heavy atom. The number of benzene rings is 1. The van der Waals surface area contributed by atoms with Gasteiger partial charge in [0.25, 0.3) is 0 Å². The maximum Gasteiger partial charge on any atom is 0.230 e. The Bertz CT molecular complexity index is 745. The fraction of sp³-hybridized carbons (Fsp3) is 0.250. The number of halogens is 2. The third-order valence-electron chi connectivity index (χ3n) is 3.14. The van der Waals surface area contributed by atoms with Gasteiger partial charge in [0.2, 0.25) is 5.88 Å². The molecule has 0 spiro atoms. The molecule has 108 valence electrons. The second kappa shape index (κ2) is 5.34. The SMILES string of the molecule is CC(C)(C)c1cc(-c2ccc(Cl)c(F)c2)nc(O)c1C#N. The number of rotatable bonds is 1. The molecule has 0 aliphatic rings. The molecule has 1 heterocycles. The van der Waals surface area contributed by atoms with Crippen LogP contribution in [0, 0.1) is 17.1 Å². The molecule has 21 heavy (non-hydrogen) atoms. The monoisotopic (exact) mass is 304 g/mol. The minimum atomic E-state index is -0.558. The molecule has 0 bridgehead atoms. The average molecular weight is 305 g/mol. The van der Waals surface area contributed by atoms with Gasteiger partial charge in [0, 0.05) is 5.56 Å². The lowest BCUT2D eigenvalue weighted by Crippen LogP contribution is -2.14. The number of nitrogens with zero attached hydrogens (tertiary/aromatic N) is 2. The molecule has 3 nitrogen and oxygen atoms in total. The van der Waals surface area contributed by atoms with Gasteiger partial charge >= 0.3 is 0 Å². The maximum atomic E-state index is 13.6. The van der Waals surface area contributed by atoms with Crippen molar-refractivity contribution in [2.75, 3.05) is 0 Å². The first kappa shape index (κ1) is 15.3. The number of hydrogen-bond donors (Lipinski definition) is 1. The number of pyridine rings is 1. The van der Waals surface area contributed by atoms with E-state index in [1.807, 2.05) is 26.8 Å². The van der Waals surface area contributed by atoms with Crippen molar-refractivity contribution < 1.29 is 9.50 Å². The number of aromatic nitrogens is 1. The Labute approximate surface area is 127 Å². The molecule has 0 fully saturated rings. The summed E-state index contributed by atoms with van der Waals surface area (Å²) in [6.07, 6.45) is 0. The third kappa shape index (κ3) is 2.98. The molecule has 0 saturated carbocycles. The summed E-state index contributed by atoms with van der Waals surface area (Å²) >= 11 is 5.66. The van der Waals surface area contributed by atoms with Crippen LogP contribution in [0.5, 0.6) is 5.88 Å². The molecule has 0 aliphatic carbocycles. The standard InChI is InChI=1S/C16H14ClFN2O/c1-16(2,3)11-7-14(20-15(21)10(11)8-19)9-4-5-12(17)13(18)6-9/h4-7H,1-3H3,(H,20,21). The van der Waals surface area contributed by atoms with Gasteiger partial charge < -0.3 is 5.11 Å². The van der Waals surface area contributed by atoms with Gasteiger partial charge in [-0.25, -0.2) is 9.37 Å². The van der Waals surface area contributed by atoms with Crippen LogP contribution in [-0.2, 0) is 5.41 Å². The number of nitriles is 1. The molecule has 2 aromatic rings. The summed E-state index contributed by atoms with van der Waals surface area (Å²) in [5.41, 5.74) is 1.32. The molecular formula is C16H14ClFN2O. The third-order valence-corrected chi connectivity index (χ3v) is 3.44. The Morgan fingerprint density at radius 1 is 1.29 bits per heavy atom. The molecule has 0 saturated heterocycles. The number of hydrogen-bond acceptors (Lipinski definition) is 3. The highest BCUT2D eigenvalue weighted by atomic mass is 35.5. The fourth-order valence-electron chi connectivity index (χ4n) is 2.04. The summed E-state index contributed by atoms with van der Waals surface area (Å²) in [4.78, 5) is 3.98. The Kier molecular flexibility index (Phi) is 3.89. The smallest absolute Gasteiger partial charge is 0.230 e. The highest BCUT2D eigenvalue weighted by molar-refractivity contribution is 6.30. The zero-order chi connectivity index (χ0) is 15.8. The molecule has 0 radical (unpaired) electrons. The van der Waals surface area contributed by atoms with Crippen LogP contribution in [0.2, 0.25) is 5.02 Å². The van der Waals surface area contributed by atoms with Crippen molar-refractivity contribution in [1.82, 2.24) is 4.98 Å². The van der Waals surface area contributed by atoms with Crippen molar-refractivity contribution in [3.05, 3.63) is 46.2 Å². The van der Waals surface area contributed by atoms with E-state index in [0.717, 1.165) is 0 Å². The van der Waals surface area contributed by atoms with Crippen LogP contribution in [0.3, 0.4) is 0 Å². The molecular weight excluding hydrogens is 291 g/mol. The molecule has 0 amide bonds. The predicted octanol–water partition coefficient (Wildman–Crippen LogP) is 4.42. The average Bonchev–Trinajstić information content (AvgIpc) is 2.40. The van der Waals surface area contributed by atoms with Gasteiger partial charge in [-0.3, -0.25) is 0 Å². The van der Waals surface area contributed by atoms with Crippen LogP contribution in [0.25, 0.3) is 11.3 Å². The van der Waals surface area contributed by atoms with Crippen LogP contribution in [0.15, 0.2) is 24.3 Å². The van der Waals surface area contributed by atoms with E-state index in [1.54, 1.807) is 12.1 Å². The Morgan fingerprint density at radius 3 is 2.48 bits per heavy atom. The van der Waals surface area contributed by atoms with Gasteiger partial charge in [0.05, 0.1) is 10.7 Å². The Balaban J connectivity index is 2.69. The summed E-state index contributed by atoms with van der Waals surface area (Å²) in [6, 6.07) is 7.96. The lowest BCUT2D eigenvalue weighted by molar-refractivity contribution is 0.447. The molecule has 5 heteroatoms. The Hall–Kier alpha value is -2.12. The first-order chi connectivity index (χ1) is 9.74. The maximum absolute atomic E-state index is 13.6. The second-order valence-corrected chi connectivity index (χ2v) is 6.15. The minimum Gasteiger partial charge on any atom is -0.492 e. The van der Waals surface area contributed by atoms with Crippen LogP contribution in [0.1, 0.15) is 31.9 Å². The highest BCUT2D eigenvalue weighted by Crippen LogP contribution is 2.34. The van der Waals surface area contributed by atoms with E-state index in [9.17, 15) is 14.8 Å². The predicted molar refractivity (Wildman–Crippen MR) is 79.7 cm³/mol. The van der Waals surface area contributed by atoms with E-state index in [0.29, 0.717) is 16.8 Å². The zero-order valence-electron chi connectivity index (χ0n) is 11.9. The van der Waals surface area contributed by atoms with E-state index in [2.05, 4.69) is 4.98 Å². The van der Waals surface area contributed by atoms with Crippen LogP contribution in [0.4, 0.5) is 4.39 Å². The molecule has 0 unspecified atom stereocenters. The van der Waals surface area contributed by atoms with E-state index in [4.69, 9.17) is 11.6 Å². The summed E-state index contributed by atoms with van der Waals surface area (Å²) in [5, 5.41) is 19.2. The van der Waals surface area contributed by atoms with Crippen molar-refractivity contribution in [3.63, 3.8) is 0 Å². The second-order valence-electron chi connectivity index (χ2n) is 5.74. The molecule has 0 aliphatic heterocycles. The number of aromatic hydroxyl groups is 1. The van der Waals surface area contributed by atoms with Crippen molar-refractivity contribution in [1.29, 1.82) is 5.26 Å². The van der Waals surface area contributed by atoms with Crippen molar-refractivity contribution in [3.8, 4) is 23.2 Å².